The first kappa shape index (κ1) is 17.2. The fourth-order valence-electron chi connectivity index (χ4n) is 2.31. The number of halogens is 1. The van der Waals surface area contributed by atoms with E-state index in [1.165, 1.54) is 11.3 Å². The van der Waals surface area contributed by atoms with Crippen molar-refractivity contribution in [3.8, 4) is 17.3 Å². The highest BCUT2D eigenvalue weighted by molar-refractivity contribution is 7.14. The number of aromatic nitrogens is 1. The summed E-state index contributed by atoms with van der Waals surface area (Å²) in [5, 5.41) is 14.8. The number of benzene rings is 2. The number of nitriles is 1. The Balaban J connectivity index is 1.60. The summed E-state index contributed by atoms with van der Waals surface area (Å²) < 4.78 is 0. The van der Waals surface area contributed by atoms with Crippen LogP contribution in [0.2, 0.25) is 5.02 Å². The molecule has 6 heteroatoms. The van der Waals surface area contributed by atoms with Crippen LogP contribution in [-0.2, 0) is 11.2 Å². The molecule has 0 aliphatic heterocycles. The van der Waals surface area contributed by atoms with Crippen LogP contribution >= 0.6 is 22.9 Å². The van der Waals surface area contributed by atoms with Gasteiger partial charge >= 0.3 is 0 Å². The second kappa shape index (κ2) is 7.93. The molecule has 0 bridgehead atoms. The Morgan fingerprint density at radius 2 is 1.96 bits per heavy atom. The van der Waals surface area contributed by atoms with Gasteiger partial charge in [-0.3, -0.25) is 4.79 Å². The Morgan fingerprint density at radius 3 is 2.68 bits per heavy atom. The van der Waals surface area contributed by atoms with E-state index in [4.69, 9.17) is 16.9 Å². The third-order valence-electron chi connectivity index (χ3n) is 3.64. The molecule has 0 saturated carbocycles. The first-order valence-electron chi connectivity index (χ1n) is 7.65. The Bertz CT molecular complexity index is 928. The van der Waals surface area contributed by atoms with Crippen molar-refractivity contribution in [3.63, 3.8) is 0 Å². The van der Waals surface area contributed by atoms with Crippen LogP contribution < -0.4 is 5.32 Å². The van der Waals surface area contributed by atoms with Gasteiger partial charge in [-0.2, -0.15) is 5.26 Å². The number of carbonyl (C=O) groups excluding carboxylic acids is 1. The molecule has 0 aliphatic carbocycles. The first-order chi connectivity index (χ1) is 12.2. The second-order valence-electron chi connectivity index (χ2n) is 5.37. The molecule has 124 valence electrons. The minimum atomic E-state index is -0.0966. The molecule has 25 heavy (non-hydrogen) atoms. The van der Waals surface area contributed by atoms with E-state index in [0.717, 1.165) is 16.8 Å². The summed E-state index contributed by atoms with van der Waals surface area (Å²) in [4.78, 5) is 16.5. The van der Waals surface area contributed by atoms with Crippen LogP contribution in [0.4, 0.5) is 5.13 Å². The van der Waals surface area contributed by atoms with Gasteiger partial charge in [0.1, 0.15) is 0 Å². The van der Waals surface area contributed by atoms with Crippen molar-refractivity contribution in [1.82, 2.24) is 4.98 Å². The highest BCUT2D eigenvalue weighted by Crippen LogP contribution is 2.25. The largest absolute Gasteiger partial charge is 0.302 e. The van der Waals surface area contributed by atoms with Crippen molar-refractivity contribution in [2.24, 2.45) is 0 Å². The second-order valence-corrected chi connectivity index (χ2v) is 6.63. The van der Waals surface area contributed by atoms with E-state index in [0.29, 0.717) is 28.6 Å². The van der Waals surface area contributed by atoms with Crippen molar-refractivity contribution < 1.29 is 4.79 Å². The van der Waals surface area contributed by atoms with Crippen LogP contribution in [0.1, 0.15) is 17.5 Å². The fourth-order valence-corrected chi connectivity index (χ4v) is 3.28. The molecular formula is C19H14ClN3OS. The van der Waals surface area contributed by atoms with Crippen molar-refractivity contribution >= 4 is 34.0 Å². The number of hydrogen-bond donors (Lipinski definition) is 1. The number of hydrogen-bond acceptors (Lipinski definition) is 4. The Kier molecular flexibility index (Phi) is 5.44. The zero-order valence-corrected chi connectivity index (χ0v) is 14.8. The van der Waals surface area contributed by atoms with Gasteiger partial charge in [-0.1, -0.05) is 41.9 Å². The third-order valence-corrected chi connectivity index (χ3v) is 4.77. The number of thiazole rings is 1. The highest BCUT2D eigenvalue weighted by atomic mass is 35.5. The molecule has 4 nitrogen and oxygen atoms in total. The molecule has 0 radical (unpaired) electrons. The standard InChI is InChI=1S/C19H14ClN3OS/c20-16-4-2-1-3-14(16)9-10-18(24)23-19-22-17(12-25-19)15-7-5-13(11-21)6-8-15/h1-8,12H,9-10H2,(H,22,23,24). The van der Waals surface area contributed by atoms with Crippen LogP contribution in [0, 0.1) is 11.3 Å². The number of aryl methyl sites for hydroxylation is 1. The summed E-state index contributed by atoms with van der Waals surface area (Å²) >= 11 is 7.47. The summed E-state index contributed by atoms with van der Waals surface area (Å²) in [5.41, 5.74) is 3.24. The minimum absolute atomic E-state index is 0.0966. The molecule has 2 aromatic carbocycles. The molecule has 1 amide bonds. The van der Waals surface area contributed by atoms with Gasteiger partial charge in [0.05, 0.1) is 17.3 Å². The lowest BCUT2D eigenvalue weighted by molar-refractivity contribution is -0.116. The Labute approximate surface area is 154 Å². The van der Waals surface area contributed by atoms with E-state index in [1.54, 1.807) is 12.1 Å². The Morgan fingerprint density at radius 1 is 1.20 bits per heavy atom. The molecule has 0 fully saturated rings. The Hall–Kier alpha value is -2.68. The zero-order valence-electron chi connectivity index (χ0n) is 13.2. The van der Waals surface area contributed by atoms with Gasteiger partial charge in [0.25, 0.3) is 0 Å². The molecule has 0 spiro atoms. The van der Waals surface area contributed by atoms with Crippen molar-refractivity contribution in [2.45, 2.75) is 12.8 Å². The first-order valence-corrected chi connectivity index (χ1v) is 8.91. The molecule has 0 atom stereocenters. The summed E-state index contributed by atoms with van der Waals surface area (Å²) in [5.74, 6) is -0.0966. The highest BCUT2D eigenvalue weighted by Gasteiger charge is 2.09. The van der Waals surface area contributed by atoms with Crippen molar-refractivity contribution in [2.75, 3.05) is 5.32 Å². The average Bonchev–Trinajstić information content (AvgIpc) is 3.09. The number of nitrogens with one attached hydrogen (secondary N) is 1. The molecule has 3 aromatic rings. The summed E-state index contributed by atoms with van der Waals surface area (Å²) in [6, 6.07) is 16.8. The summed E-state index contributed by atoms with van der Waals surface area (Å²) in [6.07, 6.45) is 0.925. The van der Waals surface area contributed by atoms with Gasteiger partial charge in [-0.15, -0.1) is 11.3 Å². The van der Waals surface area contributed by atoms with Gasteiger partial charge in [0.15, 0.2) is 5.13 Å². The van der Waals surface area contributed by atoms with Crippen LogP contribution in [0.5, 0.6) is 0 Å². The van der Waals surface area contributed by atoms with Gasteiger partial charge in [0, 0.05) is 22.4 Å². The average molecular weight is 368 g/mol. The smallest absolute Gasteiger partial charge is 0.226 e. The lowest BCUT2D eigenvalue weighted by atomic mass is 10.1. The van der Waals surface area contributed by atoms with E-state index >= 15 is 0 Å². The maximum absolute atomic E-state index is 12.1. The zero-order chi connectivity index (χ0) is 17.6. The van der Waals surface area contributed by atoms with E-state index < -0.39 is 0 Å². The van der Waals surface area contributed by atoms with E-state index in [9.17, 15) is 4.79 Å². The molecule has 3 rings (SSSR count). The summed E-state index contributed by atoms with van der Waals surface area (Å²) in [7, 11) is 0. The molecular weight excluding hydrogens is 354 g/mol. The molecule has 1 N–H and O–H groups in total. The molecule has 1 heterocycles. The van der Waals surface area contributed by atoms with Crippen LogP contribution in [0.15, 0.2) is 53.9 Å². The maximum Gasteiger partial charge on any atom is 0.226 e. The maximum atomic E-state index is 12.1. The van der Waals surface area contributed by atoms with Gasteiger partial charge < -0.3 is 5.32 Å². The molecule has 0 aliphatic rings. The number of amides is 1. The van der Waals surface area contributed by atoms with E-state index in [1.807, 2.05) is 41.8 Å². The van der Waals surface area contributed by atoms with Crippen molar-refractivity contribution in [1.29, 1.82) is 5.26 Å². The number of anilines is 1. The van der Waals surface area contributed by atoms with Crippen LogP contribution in [-0.4, -0.2) is 10.9 Å². The normalized spacial score (nSPS) is 10.2. The van der Waals surface area contributed by atoms with Gasteiger partial charge in [-0.25, -0.2) is 4.98 Å². The minimum Gasteiger partial charge on any atom is -0.302 e. The lowest BCUT2D eigenvalue weighted by Gasteiger charge is -2.04. The predicted octanol–water partition coefficient (Wildman–Crippen LogP) is 4.91. The van der Waals surface area contributed by atoms with E-state index in [2.05, 4.69) is 16.4 Å². The molecule has 0 unspecified atom stereocenters. The predicted molar refractivity (Wildman–Crippen MR) is 101 cm³/mol. The molecule has 0 saturated heterocycles. The lowest BCUT2D eigenvalue weighted by Crippen LogP contribution is -2.12. The number of carbonyl (C=O) groups is 1. The van der Waals surface area contributed by atoms with Crippen LogP contribution in [0.25, 0.3) is 11.3 Å². The van der Waals surface area contributed by atoms with E-state index in [-0.39, 0.29) is 5.91 Å². The number of rotatable bonds is 5. The third kappa shape index (κ3) is 4.44. The topological polar surface area (TPSA) is 65.8 Å². The summed E-state index contributed by atoms with van der Waals surface area (Å²) in [6.45, 7) is 0. The van der Waals surface area contributed by atoms with Gasteiger partial charge in [-0.05, 0) is 30.2 Å². The molecule has 1 aromatic heterocycles. The van der Waals surface area contributed by atoms with Gasteiger partial charge in [0.2, 0.25) is 5.91 Å². The monoisotopic (exact) mass is 367 g/mol. The van der Waals surface area contributed by atoms with Crippen molar-refractivity contribution in [3.05, 3.63) is 70.1 Å². The van der Waals surface area contributed by atoms with Crippen LogP contribution in [0.3, 0.4) is 0 Å². The SMILES string of the molecule is N#Cc1ccc(-c2csc(NC(=O)CCc3ccccc3Cl)n2)cc1. The number of nitrogens with zero attached hydrogens (tertiary/aromatic N) is 2. The quantitative estimate of drug-likeness (QED) is 0.697. The fraction of sp³-hybridized carbons (Fsp3) is 0.105.